The van der Waals surface area contributed by atoms with E-state index in [1.165, 1.54) is 12.2 Å². The first-order valence-corrected chi connectivity index (χ1v) is 13.6. The molecule has 0 saturated carbocycles. The quantitative estimate of drug-likeness (QED) is 0.262. The predicted molar refractivity (Wildman–Crippen MR) is 143 cm³/mol. The summed E-state index contributed by atoms with van der Waals surface area (Å²) in [6.45, 7) is 4.73. The Bertz CT molecular complexity index is 1140. The smallest absolute Gasteiger partial charge is 0.257 e. The van der Waals surface area contributed by atoms with Gasteiger partial charge in [-0.25, -0.2) is 13.1 Å². The van der Waals surface area contributed by atoms with Crippen LogP contribution in [0.4, 0.5) is 0 Å². The molecule has 11 heteroatoms. The zero-order chi connectivity index (χ0) is 25.8. The zero-order valence-corrected chi connectivity index (χ0v) is 22.9. The van der Waals surface area contributed by atoms with Gasteiger partial charge < -0.3 is 19.7 Å². The van der Waals surface area contributed by atoms with Crippen molar-refractivity contribution in [2.45, 2.75) is 39.7 Å². The van der Waals surface area contributed by atoms with Crippen LogP contribution in [0.3, 0.4) is 0 Å². The lowest BCUT2D eigenvalue weighted by Crippen LogP contribution is -2.31. The summed E-state index contributed by atoms with van der Waals surface area (Å²) in [6, 6.07) is 8.60. The van der Waals surface area contributed by atoms with Gasteiger partial charge in [-0.05, 0) is 43.7 Å². The molecule has 0 bridgehead atoms. The number of halogens is 2. The fourth-order valence-corrected chi connectivity index (χ4v) is 4.67. The molecule has 36 heavy (non-hydrogen) atoms. The Balaban J connectivity index is 0.00000648. The average molecular weight is 563 g/mol. The average Bonchev–Trinajstić information content (AvgIpc) is 2.79. The molecule has 2 aromatic rings. The summed E-state index contributed by atoms with van der Waals surface area (Å²) < 4.78 is 43.1. The lowest BCUT2D eigenvalue weighted by atomic mass is 10.1. The second-order valence-electron chi connectivity index (χ2n) is 7.80. The molecule has 0 radical (unpaired) electrons. The van der Waals surface area contributed by atoms with Crippen molar-refractivity contribution in [1.82, 2.24) is 4.72 Å². The first kappa shape index (κ1) is 31.7. The third kappa shape index (κ3) is 10.4. The van der Waals surface area contributed by atoms with Gasteiger partial charge in [0.25, 0.3) is 5.91 Å². The van der Waals surface area contributed by atoms with Gasteiger partial charge in [-0.3, -0.25) is 4.79 Å². The summed E-state index contributed by atoms with van der Waals surface area (Å²) in [7, 11) is -2.10. The van der Waals surface area contributed by atoms with E-state index in [2.05, 4.69) is 4.72 Å². The van der Waals surface area contributed by atoms with Crippen LogP contribution in [0.1, 0.15) is 42.9 Å². The first-order chi connectivity index (χ1) is 16.7. The van der Waals surface area contributed by atoms with Crippen LogP contribution in [0.2, 0.25) is 10.0 Å². The van der Waals surface area contributed by atoms with Crippen molar-refractivity contribution in [1.29, 1.82) is 0 Å². The minimum atomic E-state index is -3.69. The normalized spacial score (nSPS) is 11.2. The van der Waals surface area contributed by atoms with Gasteiger partial charge >= 0.3 is 0 Å². The molecular weight excluding hydrogens is 529 g/mol. The van der Waals surface area contributed by atoms with Gasteiger partial charge in [0.2, 0.25) is 10.0 Å². The van der Waals surface area contributed by atoms with E-state index in [-0.39, 0.29) is 17.8 Å². The molecular formula is C25H33Cl2NO7S. The minimum absolute atomic E-state index is 0. The van der Waals surface area contributed by atoms with Crippen molar-refractivity contribution >= 4 is 45.2 Å². The third-order valence-electron chi connectivity index (χ3n) is 5.01. The number of rotatable bonds is 14. The number of ether oxygens (including phenoxy) is 3. The van der Waals surface area contributed by atoms with E-state index in [0.717, 1.165) is 18.4 Å². The number of hydrogen-bond acceptors (Lipinski definition) is 6. The Morgan fingerprint density at radius 3 is 2.50 bits per heavy atom. The lowest BCUT2D eigenvalue weighted by molar-refractivity contribution is -0.114. The van der Waals surface area contributed by atoms with Crippen molar-refractivity contribution < 1.29 is 32.9 Å². The second-order valence-corrected chi connectivity index (χ2v) is 10.5. The van der Waals surface area contributed by atoms with Crippen LogP contribution < -0.4 is 14.2 Å². The maximum Gasteiger partial charge on any atom is 0.257 e. The van der Waals surface area contributed by atoms with Gasteiger partial charge in [0.1, 0.15) is 24.7 Å². The minimum Gasteiger partial charge on any atom is -0.491 e. The highest BCUT2D eigenvalue weighted by Gasteiger charge is 2.15. The van der Waals surface area contributed by atoms with E-state index in [4.69, 9.17) is 37.4 Å². The number of unbranched alkanes of at least 4 members (excludes halogenated alkanes) is 2. The van der Waals surface area contributed by atoms with Crippen molar-refractivity contribution in [2.24, 2.45) is 0 Å². The molecule has 0 aromatic heterocycles. The molecule has 8 nitrogen and oxygen atoms in total. The summed E-state index contributed by atoms with van der Waals surface area (Å²) in [5, 5.41) is 0.982. The third-order valence-corrected chi connectivity index (χ3v) is 6.93. The highest BCUT2D eigenvalue weighted by Crippen LogP contribution is 2.34. The SMILES string of the molecule is CCCCCS(=O)(=O)NC(=O)/C=C/c1ccc(OCCOC)c(C)c1OCc1ccc(Cl)cc1Cl.O. The topological polar surface area (TPSA) is 122 Å². The Morgan fingerprint density at radius 1 is 1.08 bits per heavy atom. The van der Waals surface area contributed by atoms with E-state index in [1.54, 1.807) is 37.4 Å². The number of carbonyl (C=O) groups excluding carboxylic acids is 1. The molecule has 0 spiro atoms. The van der Waals surface area contributed by atoms with Crippen molar-refractivity contribution in [3.8, 4) is 11.5 Å². The number of hydrogen-bond donors (Lipinski definition) is 1. The van der Waals surface area contributed by atoms with Crippen LogP contribution >= 0.6 is 23.2 Å². The predicted octanol–water partition coefficient (Wildman–Crippen LogP) is 4.73. The van der Waals surface area contributed by atoms with Crippen LogP contribution in [-0.4, -0.2) is 45.9 Å². The molecule has 0 aliphatic heterocycles. The molecule has 0 fully saturated rings. The standard InChI is InChI=1S/C25H31Cl2NO6S.H2O/c1-4-5-6-15-35(30,31)28-24(29)12-9-19-8-11-23(33-14-13-32-3)18(2)25(19)34-17-20-7-10-21(26)16-22(20)27;/h7-12,16H,4-6,13-15,17H2,1-3H3,(H,28,29);1H2/b12-9+;. The molecule has 0 aliphatic rings. The Kier molecular flexibility index (Phi) is 13.9. The summed E-state index contributed by atoms with van der Waals surface area (Å²) in [5.74, 6) is 0.245. The van der Waals surface area contributed by atoms with Crippen LogP contribution in [0, 0.1) is 6.92 Å². The molecule has 200 valence electrons. The van der Waals surface area contributed by atoms with Gasteiger partial charge in [0.15, 0.2) is 0 Å². The largest absolute Gasteiger partial charge is 0.491 e. The number of methoxy groups -OCH3 is 1. The van der Waals surface area contributed by atoms with Crippen molar-refractivity contribution in [2.75, 3.05) is 26.1 Å². The molecule has 0 heterocycles. The van der Waals surface area contributed by atoms with Crippen molar-refractivity contribution in [3.63, 3.8) is 0 Å². The molecule has 0 atom stereocenters. The molecule has 2 aromatic carbocycles. The number of nitrogens with one attached hydrogen (secondary N) is 1. The summed E-state index contributed by atoms with van der Waals surface area (Å²) in [5.41, 5.74) is 2.01. The van der Waals surface area contributed by atoms with Gasteiger partial charge in [-0.15, -0.1) is 0 Å². The Morgan fingerprint density at radius 2 is 1.83 bits per heavy atom. The molecule has 1 amide bonds. The van der Waals surface area contributed by atoms with E-state index in [0.29, 0.717) is 52.3 Å². The molecule has 0 aliphatic carbocycles. The number of sulfonamides is 1. The molecule has 0 unspecified atom stereocenters. The number of carbonyl (C=O) groups is 1. The van der Waals surface area contributed by atoms with E-state index in [1.807, 2.05) is 13.8 Å². The van der Waals surface area contributed by atoms with Gasteiger partial charge in [-0.2, -0.15) is 0 Å². The highest BCUT2D eigenvalue weighted by molar-refractivity contribution is 7.90. The monoisotopic (exact) mass is 561 g/mol. The zero-order valence-electron chi connectivity index (χ0n) is 20.6. The Labute approximate surface area is 222 Å². The Hall–Kier alpha value is -2.30. The fourth-order valence-electron chi connectivity index (χ4n) is 3.14. The van der Waals surface area contributed by atoms with E-state index in [9.17, 15) is 13.2 Å². The summed E-state index contributed by atoms with van der Waals surface area (Å²) >= 11 is 12.2. The highest BCUT2D eigenvalue weighted by atomic mass is 35.5. The molecule has 0 saturated heterocycles. The fraction of sp³-hybridized carbons (Fsp3) is 0.400. The molecule has 2 rings (SSSR count). The lowest BCUT2D eigenvalue weighted by Gasteiger charge is -2.17. The number of amides is 1. The van der Waals surface area contributed by atoms with E-state index < -0.39 is 15.9 Å². The first-order valence-electron chi connectivity index (χ1n) is 11.2. The summed E-state index contributed by atoms with van der Waals surface area (Å²) in [6.07, 6.45) is 4.83. The van der Waals surface area contributed by atoms with Crippen LogP contribution in [0.5, 0.6) is 11.5 Å². The van der Waals surface area contributed by atoms with Gasteiger partial charge in [-0.1, -0.05) is 49.0 Å². The maximum atomic E-state index is 12.3. The van der Waals surface area contributed by atoms with Crippen LogP contribution in [-0.2, 0) is 26.2 Å². The van der Waals surface area contributed by atoms with Crippen LogP contribution in [0.25, 0.3) is 6.08 Å². The second kappa shape index (κ2) is 15.7. The summed E-state index contributed by atoms with van der Waals surface area (Å²) in [4.78, 5) is 12.3. The van der Waals surface area contributed by atoms with Crippen molar-refractivity contribution in [3.05, 3.63) is 63.1 Å². The van der Waals surface area contributed by atoms with Crippen LogP contribution in [0.15, 0.2) is 36.4 Å². The van der Waals surface area contributed by atoms with Gasteiger partial charge in [0.05, 0.1) is 12.4 Å². The number of benzene rings is 2. The molecule has 3 N–H and O–H groups in total. The van der Waals surface area contributed by atoms with E-state index >= 15 is 0 Å². The van der Waals surface area contributed by atoms with Gasteiger partial charge in [0, 0.05) is 39.9 Å². The maximum absolute atomic E-state index is 12.3.